The third-order valence-electron chi connectivity index (χ3n) is 6.61. The van der Waals surface area contributed by atoms with Gasteiger partial charge in [0.2, 0.25) is 0 Å². The second kappa shape index (κ2) is 8.27. The van der Waals surface area contributed by atoms with Crippen molar-refractivity contribution in [3.05, 3.63) is 52.9 Å². The second-order valence-electron chi connectivity index (χ2n) is 8.57. The minimum atomic E-state index is -3.79. The lowest BCUT2D eigenvalue weighted by Crippen LogP contribution is -2.36. The van der Waals surface area contributed by atoms with Gasteiger partial charge in [0, 0.05) is 29.7 Å². The molecular weight excluding hydrogens is 452 g/mol. The zero-order chi connectivity index (χ0) is 22.5. The molecule has 2 aliphatic carbocycles. The van der Waals surface area contributed by atoms with Crippen LogP contribution in [0.15, 0.2) is 36.8 Å². The quantitative estimate of drug-likeness (QED) is 0.431. The maximum absolute atomic E-state index is 11.2. The van der Waals surface area contributed by atoms with E-state index in [1.807, 2.05) is 29.0 Å². The van der Waals surface area contributed by atoms with Gasteiger partial charge in [-0.1, -0.05) is 23.7 Å². The average Bonchev–Trinajstić information content (AvgIpc) is 3.44. The van der Waals surface area contributed by atoms with Crippen molar-refractivity contribution in [1.82, 2.24) is 19.3 Å². The summed E-state index contributed by atoms with van der Waals surface area (Å²) in [6.07, 6.45) is 5.88. The van der Waals surface area contributed by atoms with Crippen molar-refractivity contribution in [3.8, 4) is 0 Å². The SMILES string of the molecule is NS(=O)(=O)NC[C@@H]1C[C@@H](n2ccc3c(N[C@H]4CCc5c(Cl)cccc54)ncnc32)C[C@@H]1O. The van der Waals surface area contributed by atoms with Gasteiger partial charge in [-0.2, -0.15) is 8.42 Å². The average molecular weight is 477 g/mol. The maximum Gasteiger partial charge on any atom is 0.274 e. The third kappa shape index (κ3) is 4.08. The molecule has 1 aromatic carbocycles. The largest absolute Gasteiger partial charge is 0.393 e. The lowest BCUT2D eigenvalue weighted by Gasteiger charge is -2.17. The second-order valence-corrected chi connectivity index (χ2v) is 10.4. The molecule has 5 rings (SSSR count). The van der Waals surface area contributed by atoms with E-state index in [0.29, 0.717) is 12.8 Å². The number of aliphatic hydroxyl groups is 1. The number of rotatable bonds is 6. The number of aliphatic hydroxyl groups excluding tert-OH is 1. The summed E-state index contributed by atoms with van der Waals surface area (Å²) in [5.41, 5.74) is 3.17. The summed E-state index contributed by atoms with van der Waals surface area (Å²) < 4.78 is 26.7. The number of hydrogen-bond donors (Lipinski definition) is 4. The van der Waals surface area contributed by atoms with Gasteiger partial charge < -0.3 is 15.0 Å². The van der Waals surface area contributed by atoms with Crippen LogP contribution in [-0.2, 0) is 16.6 Å². The number of anilines is 1. The van der Waals surface area contributed by atoms with E-state index in [4.69, 9.17) is 16.7 Å². The van der Waals surface area contributed by atoms with E-state index in [2.05, 4.69) is 26.1 Å². The van der Waals surface area contributed by atoms with Crippen molar-refractivity contribution in [1.29, 1.82) is 0 Å². The molecule has 4 atom stereocenters. The standard InChI is InChI=1S/C21H25ClN6O3S/c22-17-3-1-2-15-14(17)4-5-18(15)27-20-16-6-7-28(21(16)25-11-24-20)13-8-12(19(29)9-13)10-26-32(23,30)31/h1-3,6-7,11-13,18-19,26,29H,4-5,8-10H2,(H2,23,30,31)(H,24,25,27)/t12-,13+,18-,19-/m0/s1. The van der Waals surface area contributed by atoms with Gasteiger partial charge in [-0.15, -0.1) is 0 Å². The van der Waals surface area contributed by atoms with Gasteiger partial charge >= 0.3 is 0 Å². The van der Waals surface area contributed by atoms with E-state index in [-0.39, 0.29) is 24.5 Å². The lowest BCUT2D eigenvalue weighted by atomic mass is 10.1. The fourth-order valence-electron chi connectivity index (χ4n) is 5.05. The van der Waals surface area contributed by atoms with Gasteiger partial charge in [0.15, 0.2) is 0 Å². The van der Waals surface area contributed by atoms with E-state index < -0.39 is 16.3 Å². The zero-order valence-electron chi connectivity index (χ0n) is 17.3. The number of aromatic nitrogens is 3. The Balaban J connectivity index is 1.37. The first-order valence-corrected chi connectivity index (χ1v) is 12.5. The Morgan fingerprint density at radius 3 is 2.91 bits per heavy atom. The number of nitrogens with two attached hydrogens (primary N) is 1. The zero-order valence-corrected chi connectivity index (χ0v) is 18.9. The predicted molar refractivity (Wildman–Crippen MR) is 123 cm³/mol. The molecule has 11 heteroatoms. The summed E-state index contributed by atoms with van der Waals surface area (Å²) in [5, 5.41) is 20.7. The highest BCUT2D eigenvalue weighted by molar-refractivity contribution is 7.87. The van der Waals surface area contributed by atoms with Gasteiger partial charge in [0.1, 0.15) is 17.8 Å². The first kappa shape index (κ1) is 21.6. The molecule has 0 unspecified atom stereocenters. The van der Waals surface area contributed by atoms with Gasteiger partial charge in [0.25, 0.3) is 10.2 Å². The molecule has 1 fully saturated rings. The fourth-order valence-corrected chi connectivity index (χ4v) is 5.77. The molecule has 2 aliphatic rings. The number of nitrogens with one attached hydrogen (secondary N) is 2. The molecule has 0 amide bonds. The van der Waals surface area contributed by atoms with Gasteiger partial charge in [-0.3, -0.25) is 0 Å². The van der Waals surface area contributed by atoms with Crippen LogP contribution in [0.2, 0.25) is 5.02 Å². The number of benzene rings is 1. The summed E-state index contributed by atoms with van der Waals surface area (Å²) in [6.45, 7) is 0.112. The highest BCUT2D eigenvalue weighted by atomic mass is 35.5. The minimum absolute atomic E-state index is 0.00328. The normalized spacial score (nSPS) is 25.3. The topological polar surface area (TPSA) is 135 Å². The van der Waals surface area contributed by atoms with Crippen LogP contribution in [0.1, 0.15) is 42.5 Å². The van der Waals surface area contributed by atoms with Crippen LogP contribution >= 0.6 is 11.6 Å². The van der Waals surface area contributed by atoms with E-state index >= 15 is 0 Å². The molecule has 1 saturated carbocycles. The van der Waals surface area contributed by atoms with Crippen molar-refractivity contribution >= 4 is 38.7 Å². The molecule has 5 N–H and O–H groups in total. The molecule has 170 valence electrons. The molecule has 2 heterocycles. The number of halogens is 1. The molecular formula is C21H25ClN6O3S. The van der Waals surface area contributed by atoms with Crippen LogP contribution in [0, 0.1) is 5.92 Å². The van der Waals surface area contributed by atoms with Crippen LogP contribution in [0.5, 0.6) is 0 Å². The molecule has 0 spiro atoms. The van der Waals surface area contributed by atoms with Crippen molar-refractivity contribution in [2.75, 3.05) is 11.9 Å². The van der Waals surface area contributed by atoms with Gasteiger partial charge in [0.05, 0.1) is 17.5 Å². The molecule has 0 bridgehead atoms. The molecule has 32 heavy (non-hydrogen) atoms. The van der Waals surface area contributed by atoms with E-state index in [0.717, 1.165) is 34.7 Å². The first-order chi connectivity index (χ1) is 15.3. The smallest absolute Gasteiger partial charge is 0.274 e. The highest BCUT2D eigenvalue weighted by Crippen LogP contribution is 2.40. The van der Waals surface area contributed by atoms with Crippen molar-refractivity contribution in [2.45, 2.75) is 43.9 Å². The summed E-state index contributed by atoms with van der Waals surface area (Å²) in [4.78, 5) is 8.98. The molecule has 0 radical (unpaired) electrons. The van der Waals surface area contributed by atoms with E-state index in [1.165, 1.54) is 11.1 Å². The Morgan fingerprint density at radius 1 is 1.25 bits per heavy atom. The molecule has 3 aromatic rings. The van der Waals surface area contributed by atoms with Crippen molar-refractivity contribution < 1.29 is 13.5 Å². The minimum Gasteiger partial charge on any atom is -0.393 e. The van der Waals surface area contributed by atoms with Crippen molar-refractivity contribution in [3.63, 3.8) is 0 Å². The summed E-state index contributed by atoms with van der Waals surface area (Å²) in [7, 11) is -3.79. The Bertz CT molecular complexity index is 1260. The van der Waals surface area contributed by atoms with Crippen LogP contribution in [0.4, 0.5) is 5.82 Å². The Labute approximate surface area is 191 Å². The summed E-state index contributed by atoms with van der Waals surface area (Å²) in [6, 6.07) is 8.11. The Kier molecular flexibility index (Phi) is 5.58. The third-order valence-corrected chi connectivity index (χ3v) is 7.53. The molecule has 0 aliphatic heterocycles. The van der Waals surface area contributed by atoms with Crippen LogP contribution in [-0.4, -0.2) is 40.7 Å². The fraction of sp³-hybridized carbons (Fsp3) is 0.429. The van der Waals surface area contributed by atoms with Crippen LogP contribution < -0.4 is 15.2 Å². The van der Waals surface area contributed by atoms with Crippen LogP contribution in [0.3, 0.4) is 0 Å². The summed E-state index contributed by atoms with van der Waals surface area (Å²) in [5.74, 6) is 0.549. The van der Waals surface area contributed by atoms with Gasteiger partial charge in [-0.25, -0.2) is 19.8 Å². The predicted octanol–water partition coefficient (Wildman–Crippen LogP) is 2.29. The van der Waals surface area contributed by atoms with E-state index in [9.17, 15) is 13.5 Å². The van der Waals surface area contributed by atoms with E-state index in [1.54, 1.807) is 6.33 Å². The first-order valence-electron chi connectivity index (χ1n) is 10.6. The van der Waals surface area contributed by atoms with Crippen LogP contribution in [0.25, 0.3) is 11.0 Å². The molecule has 9 nitrogen and oxygen atoms in total. The Morgan fingerprint density at radius 2 is 2.09 bits per heavy atom. The maximum atomic E-state index is 11.2. The monoisotopic (exact) mass is 476 g/mol. The number of hydrogen-bond acceptors (Lipinski definition) is 6. The number of nitrogens with zero attached hydrogens (tertiary/aromatic N) is 3. The highest BCUT2D eigenvalue weighted by Gasteiger charge is 2.35. The Hall–Kier alpha value is -2.24. The summed E-state index contributed by atoms with van der Waals surface area (Å²) >= 11 is 6.36. The molecule has 2 aromatic heterocycles. The van der Waals surface area contributed by atoms with Crippen molar-refractivity contribution in [2.24, 2.45) is 11.1 Å². The number of fused-ring (bicyclic) bond motifs is 2. The molecule has 0 saturated heterocycles. The lowest BCUT2D eigenvalue weighted by molar-refractivity contribution is 0.133. The van der Waals surface area contributed by atoms with Gasteiger partial charge in [-0.05, 0) is 48.9 Å².